The summed E-state index contributed by atoms with van der Waals surface area (Å²) in [7, 11) is -1.70. The third kappa shape index (κ3) is 2.98. The van der Waals surface area contributed by atoms with Crippen LogP contribution in [0.4, 0.5) is 5.69 Å². The van der Waals surface area contributed by atoms with Gasteiger partial charge in [-0.3, -0.25) is 0 Å². The normalized spacial score (nSPS) is 16.8. The highest BCUT2D eigenvalue weighted by atomic mass is 79.9. The first-order chi connectivity index (χ1) is 10.1. The molecule has 0 aromatic heterocycles. The molecule has 1 aromatic rings. The van der Waals surface area contributed by atoms with E-state index in [9.17, 15) is 0 Å². The van der Waals surface area contributed by atoms with Gasteiger partial charge in [0.15, 0.2) is 8.24 Å². The van der Waals surface area contributed by atoms with Crippen LogP contribution in [0.5, 0.6) is 0 Å². The van der Waals surface area contributed by atoms with E-state index >= 15 is 0 Å². The molecule has 22 heavy (non-hydrogen) atoms. The highest BCUT2D eigenvalue weighted by Crippen LogP contribution is 2.47. The van der Waals surface area contributed by atoms with Gasteiger partial charge in [-0.1, -0.05) is 30.3 Å². The van der Waals surface area contributed by atoms with E-state index in [2.05, 4.69) is 87.7 Å². The van der Waals surface area contributed by atoms with E-state index < -0.39 is 8.24 Å². The van der Waals surface area contributed by atoms with Gasteiger partial charge >= 0.3 is 0 Å². The number of allylic oxidation sites excluding steroid dienone is 4. The van der Waals surface area contributed by atoms with Gasteiger partial charge in [-0.25, -0.2) is 0 Å². The SMILES string of the molecule is CC1=C(C)C([Si](C)(C)Nc2c(C)cc(C)cc2Br)C(C)=C1C. The monoisotopic (exact) mass is 377 g/mol. The van der Waals surface area contributed by atoms with Gasteiger partial charge in [0.05, 0.1) is 0 Å². The molecular formula is C19H28BrNSi. The Labute approximate surface area is 145 Å². The summed E-state index contributed by atoms with van der Waals surface area (Å²) in [5.41, 5.74) is 10.6. The first-order valence-corrected chi connectivity index (χ1v) is 11.8. The fourth-order valence-electron chi connectivity index (χ4n) is 3.90. The third-order valence-electron chi connectivity index (χ3n) is 5.21. The number of aryl methyl sites for hydroxylation is 2. The zero-order valence-corrected chi connectivity index (χ0v) is 17.7. The number of hydrogen-bond acceptors (Lipinski definition) is 1. The van der Waals surface area contributed by atoms with Crippen LogP contribution >= 0.6 is 15.9 Å². The minimum atomic E-state index is -1.70. The van der Waals surface area contributed by atoms with Crippen molar-refractivity contribution in [1.29, 1.82) is 0 Å². The van der Waals surface area contributed by atoms with Gasteiger partial charge in [-0.2, -0.15) is 0 Å². The molecule has 0 spiro atoms. The second-order valence-electron chi connectivity index (χ2n) is 7.33. The van der Waals surface area contributed by atoms with Gasteiger partial charge in [-0.15, -0.1) is 0 Å². The zero-order chi connectivity index (χ0) is 16.8. The Morgan fingerprint density at radius 3 is 1.86 bits per heavy atom. The highest BCUT2D eigenvalue weighted by Gasteiger charge is 2.39. The maximum Gasteiger partial charge on any atom is 0.158 e. The molecule has 1 aliphatic carbocycles. The Balaban J connectivity index is 2.42. The molecule has 1 aliphatic rings. The van der Waals surface area contributed by atoms with E-state index in [1.807, 2.05) is 0 Å². The summed E-state index contributed by atoms with van der Waals surface area (Å²) in [6.07, 6.45) is 0. The zero-order valence-electron chi connectivity index (χ0n) is 15.1. The van der Waals surface area contributed by atoms with E-state index in [1.165, 1.54) is 32.4 Å². The molecule has 1 N–H and O–H groups in total. The predicted molar refractivity (Wildman–Crippen MR) is 105 cm³/mol. The summed E-state index contributed by atoms with van der Waals surface area (Å²) in [4.78, 5) is 3.95. The van der Waals surface area contributed by atoms with Crippen molar-refractivity contribution in [2.75, 3.05) is 4.98 Å². The van der Waals surface area contributed by atoms with Crippen molar-refractivity contribution in [2.45, 2.75) is 60.2 Å². The van der Waals surface area contributed by atoms with Crippen LogP contribution in [0.25, 0.3) is 0 Å². The van der Waals surface area contributed by atoms with Gasteiger partial charge in [0.2, 0.25) is 0 Å². The average molecular weight is 378 g/mol. The molecule has 0 saturated heterocycles. The van der Waals surface area contributed by atoms with Gasteiger partial charge in [0, 0.05) is 15.7 Å². The van der Waals surface area contributed by atoms with Crippen LogP contribution < -0.4 is 4.98 Å². The topological polar surface area (TPSA) is 12.0 Å². The molecule has 0 radical (unpaired) electrons. The molecule has 2 rings (SSSR count). The Bertz CT molecular complexity index is 636. The minimum Gasteiger partial charge on any atom is -0.409 e. The Kier molecular flexibility index (Phi) is 4.79. The first-order valence-electron chi connectivity index (χ1n) is 7.96. The lowest BCUT2D eigenvalue weighted by Crippen LogP contribution is -2.43. The summed E-state index contributed by atoms with van der Waals surface area (Å²) in [5.74, 6) is 0. The molecule has 120 valence electrons. The summed E-state index contributed by atoms with van der Waals surface area (Å²) in [6.45, 7) is 18.4. The highest BCUT2D eigenvalue weighted by molar-refractivity contribution is 9.10. The molecule has 0 bridgehead atoms. The molecule has 1 aromatic carbocycles. The summed E-state index contributed by atoms with van der Waals surface area (Å²) >= 11 is 3.75. The van der Waals surface area contributed by atoms with E-state index in [0.29, 0.717) is 5.54 Å². The summed E-state index contributed by atoms with van der Waals surface area (Å²) in [6, 6.07) is 4.46. The molecule has 0 atom stereocenters. The van der Waals surface area contributed by atoms with Crippen molar-refractivity contribution >= 4 is 29.9 Å². The second-order valence-corrected chi connectivity index (χ2v) is 12.5. The van der Waals surface area contributed by atoms with E-state index in [-0.39, 0.29) is 0 Å². The van der Waals surface area contributed by atoms with Gasteiger partial charge in [0.25, 0.3) is 0 Å². The van der Waals surface area contributed by atoms with Crippen molar-refractivity contribution < 1.29 is 0 Å². The van der Waals surface area contributed by atoms with Gasteiger partial charge in [0.1, 0.15) is 0 Å². The smallest absolute Gasteiger partial charge is 0.158 e. The van der Waals surface area contributed by atoms with Gasteiger partial charge in [-0.05, 0) is 85.8 Å². The lowest BCUT2D eigenvalue weighted by atomic mass is 10.1. The maximum atomic E-state index is 3.95. The fraction of sp³-hybridized carbons (Fsp3) is 0.474. The van der Waals surface area contributed by atoms with Crippen LogP contribution in [0.2, 0.25) is 18.6 Å². The number of nitrogens with one attached hydrogen (secondary N) is 1. The molecule has 0 heterocycles. The van der Waals surface area contributed by atoms with Crippen LogP contribution in [0.3, 0.4) is 0 Å². The second kappa shape index (κ2) is 6.01. The number of benzene rings is 1. The largest absolute Gasteiger partial charge is 0.409 e. The first kappa shape index (κ1) is 17.5. The number of halogens is 1. The molecular weight excluding hydrogens is 350 g/mol. The van der Waals surface area contributed by atoms with Crippen LogP contribution in [-0.4, -0.2) is 8.24 Å². The lowest BCUT2D eigenvalue weighted by molar-refractivity contribution is 1.06. The minimum absolute atomic E-state index is 0.583. The van der Waals surface area contributed by atoms with Crippen molar-refractivity contribution in [1.82, 2.24) is 0 Å². The van der Waals surface area contributed by atoms with E-state index in [1.54, 1.807) is 11.1 Å². The number of hydrogen-bond donors (Lipinski definition) is 1. The van der Waals surface area contributed by atoms with Crippen molar-refractivity contribution in [3.8, 4) is 0 Å². The standard InChI is InChI=1S/C19H28BrNSi/c1-11-9-12(2)18(17(20)10-11)21-22(7,8)19-15(5)13(3)14(4)16(19)6/h9-10,19,21H,1-8H3. The fourth-order valence-corrected chi connectivity index (χ4v) is 8.57. The predicted octanol–water partition coefficient (Wildman–Crippen LogP) is 6.74. The quantitative estimate of drug-likeness (QED) is 0.574. The van der Waals surface area contributed by atoms with Crippen LogP contribution in [0.15, 0.2) is 38.9 Å². The lowest BCUT2D eigenvalue weighted by Gasteiger charge is -2.35. The molecule has 3 heteroatoms. The summed E-state index contributed by atoms with van der Waals surface area (Å²) in [5, 5.41) is 0. The summed E-state index contributed by atoms with van der Waals surface area (Å²) < 4.78 is 1.18. The van der Waals surface area contributed by atoms with Crippen molar-refractivity contribution in [3.63, 3.8) is 0 Å². The van der Waals surface area contributed by atoms with E-state index in [0.717, 1.165) is 0 Å². The van der Waals surface area contributed by atoms with Crippen LogP contribution in [-0.2, 0) is 0 Å². The molecule has 0 fully saturated rings. The molecule has 0 unspecified atom stereocenters. The molecule has 0 saturated carbocycles. The van der Waals surface area contributed by atoms with Crippen LogP contribution in [0, 0.1) is 13.8 Å². The van der Waals surface area contributed by atoms with Crippen molar-refractivity contribution in [3.05, 3.63) is 50.0 Å². The third-order valence-corrected chi connectivity index (χ3v) is 9.04. The maximum absolute atomic E-state index is 3.95. The Morgan fingerprint density at radius 2 is 1.41 bits per heavy atom. The van der Waals surface area contributed by atoms with E-state index in [4.69, 9.17) is 0 Å². The van der Waals surface area contributed by atoms with Crippen LogP contribution in [0.1, 0.15) is 38.8 Å². The van der Waals surface area contributed by atoms with Crippen molar-refractivity contribution in [2.24, 2.45) is 0 Å². The molecule has 0 amide bonds. The molecule has 0 aliphatic heterocycles. The Hall–Kier alpha value is -0.803. The average Bonchev–Trinajstić information content (AvgIpc) is 2.58. The number of anilines is 1. The Morgan fingerprint density at radius 1 is 0.909 bits per heavy atom. The molecule has 1 nitrogen and oxygen atoms in total. The number of rotatable bonds is 3. The van der Waals surface area contributed by atoms with Gasteiger partial charge < -0.3 is 4.98 Å².